The Morgan fingerprint density at radius 3 is 2.09 bits per heavy atom. The summed E-state index contributed by atoms with van der Waals surface area (Å²) in [5, 5.41) is 2.83. The van der Waals surface area contributed by atoms with E-state index in [2.05, 4.69) is 21.2 Å². The van der Waals surface area contributed by atoms with E-state index in [1.807, 2.05) is 31.2 Å². The fourth-order valence-corrected chi connectivity index (χ4v) is 6.07. The third-order valence-electron chi connectivity index (χ3n) is 6.86. The van der Waals surface area contributed by atoms with Gasteiger partial charge in [0.25, 0.3) is 10.0 Å². The molecule has 0 aliphatic rings. The normalized spacial score (nSPS) is 11.7. The van der Waals surface area contributed by atoms with Crippen LogP contribution in [-0.2, 0) is 26.2 Å². The van der Waals surface area contributed by atoms with Gasteiger partial charge in [-0.05, 0) is 55.3 Å². The molecule has 0 saturated carbocycles. The molecular weight excluding hydrogens is 654 g/mol. The molecule has 0 fully saturated rings. The molecule has 3 aromatic carbocycles. The predicted molar refractivity (Wildman–Crippen MR) is 171 cm³/mol. The van der Waals surface area contributed by atoms with Gasteiger partial charge in [-0.25, -0.2) is 8.42 Å². The van der Waals surface area contributed by atoms with E-state index in [9.17, 15) is 18.0 Å². The fourth-order valence-electron chi connectivity index (χ4n) is 4.37. The molecule has 1 atom stereocenters. The molecule has 11 nitrogen and oxygen atoms in total. The lowest BCUT2D eigenvalue weighted by atomic mass is 10.1. The Balaban J connectivity index is 2.15. The zero-order chi connectivity index (χ0) is 32.4. The van der Waals surface area contributed by atoms with Crippen molar-refractivity contribution in [2.24, 2.45) is 0 Å². The monoisotopic (exact) mass is 691 g/mol. The predicted octanol–water partition coefficient (Wildman–Crippen LogP) is 4.62. The van der Waals surface area contributed by atoms with Crippen molar-refractivity contribution < 1.29 is 37.0 Å². The molecule has 0 unspecified atom stereocenters. The summed E-state index contributed by atoms with van der Waals surface area (Å²) in [6, 6.07) is 15.2. The SMILES string of the molecule is CCCNC(=O)[C@H](C)N(Cc1ccc(Br)cc1)C(=O)CN(c1cc(OC)ccc1OC)S(=O)(=O)c1ccc(OC)c(OC)c1. The number of ether oxygens (including phenoxy) is 4. The van der Waals surface area contributed by atoms with Gasteiger partial charge >= 0.3 is 0 Å². The number of sulfonamides is 1. The first-order chi connectivity index (χ1) is 21.0. The summed E-state index contributed by atoms with van der Waals surface area (Å²) < 4.78 is 52.0. The van der Waals surface area contributed by atoms with Gasteiger partial charge in [-0.3, -0.25) is 13.9 Å². The van der Waals surface area contributed by atoms with Gasteiger partial charge in [0.2, 0.25) is 11.8 Å². The van der Waals surface area contributed by atoms with Crippen LogP contribution < -0.4 is 28.6 Å². The highest BCUT2D eigenvalue weighted by Crippen LogP contribution is 2.37. The minimum absolute atomic E-state index is 0.0618. The van der Waals surface area contributed by atoms with Gasteiger partial charge in [0.05, 0.1) is 39.0 Å². The van der Waals surface area contributed by atoms with Crippen LogP contribution in [0.1, 0.15) is 25.8 Å². The third-order valence-corrected chi connectivity index (χ3v) is 9.14. The van der Waals surface area contributed by atoms with Gasteiger partial charge in [-0.1, -0.05) is 35.0 Å². The Labute approximate surface area is 267 Å². The number of carbonyl (C=O) groups is 2. The number of carbonyl (C=O) groups excluding carboxylic acids is 2. The number of methoxy groups -OCH3 is 4. The Bertz CT molecular complexity index is 1550. The van der Waals surface area contributed by atoms with E-state index in [0.29, 0.717) is 24.5 Å². The quantitative estimate of drug-likeness (QED) is 0.245. The number of amides is 2. The Kier molecular flexibility index (Phi) is 12.3. The minimum atomic E-state index is -4.43. The summed E-state index contributed by atoms with van der Waals surface area (Å²) in [5.74, 6) is 0.0957. The lowest BCUT2D eigenvalue weighted by molar-refractivity contribution is -0.139. The standard InChI is InChI=1S/C31H38BrN3O8S/c1-7-16-33-31(37)21(2)34(19-22-8-10-23(32)11-9-22)30(36)20-35(26-17-24(40-3)12-14-27(26)41-4)44(38,39)25-13-15-28(42-5)29(18-25)43-6/h8-15,17-18,21H,7,16,19-20H2,1-6H3,(H,33,37)/t21-/m0/s1. The lowest BCUT2D eigenvalue weighted by Crippen LogP contribution is -2.51. The summed E-state index contributed by atoms with van der Waals surface area (Å²) >= 11 is 3.41. The van der Waals surface area contributed by atoms with Crippen molar-refractivity contribution in [1.29, 1.82) is 0 Å². The number of anilines is 1. The summed E-state index contributed by atoms with van der Waals surface area (Å²) in [4.78, 5) is 28.5. The molecule has 3 rings (SSSR count). The van der Waals surface area contributed by atoms with E-state index in [1.54, 1.807) is 19.1 Å². The molecule has 0 aromatic heterocycles. The molecule has 44 heavy (non-hydrogen) atoms. The van der Waals surface area contributed by atoms with E-state index < -0.39 is 28.5 Å². The number of nitrogens with zero attached hydrogens (tertiary/aromatic N) is 2. The van der Waals surface area contributed by atoms with E-state index >= 15 is 0 Å². The molecule has 13 heteroatoms. The molecule has 2 amide bonds. The van der Waals surface area contributed by atoms with E-state index in [1.165, 1.54) is 57.6 Å². The second-order valence-corrected chi connectivity index (χ2v) is 12.5. The highest BCUT2D eigenvalue weighted by atomic mass is 79.9. The molecule has 0 aliphatic carbocycles. The van der Waals surface area contributed by atoms with Crippen molar-refractivity contribution in [3.8, 4) is 23.0 Å². The number of benzene rings is 3. The third kappa shape index (κ3) is 8.14. The lowest BCUT2D eigenvalue weighted by Gasteiger charge is -2.32. The number of rotatable bonds is 15. The maximum atomic E-state index is 14.3. The number of hydrogen-bond donors (Lipinski definition) is 1. The van der Waals surface area contributed by atoms with Crippen molar-refractivity contribution in [3.63, 3.8) is 0 Å². The van der Waals surface area contributed by atoms with Crippen molar-refractivity contribution >= 4 is 43.5 Å². The highest BCUT2D eigenvalue weighted by Gasteiger charge is 2.34. The van der Waals surface area contributed by atoms with Crippen molar-refractivity contribution in [1.82, 2.24) is 10.2 Å². The number of hydrogen-bond acceptors (Lipinski definition) is 8. The average molecular weight is 693 g/mol. The number of halogens is 1. The molecule has 0 saturated heterocycles. The molecule has 0 bridgehead atoms. The Hall–Kier alpha value is -3.97. The summed E-state index contributed by atoms with van der Waals surface area (Å²) in [7, 11) is 1.25. The van der Waals surface area contributed by atoms with Crippen molar-refractivity contribution in [2.45, 2.75) is 37.8 Å². The first-order valence-electron chi connectivity index (χ1n) is 13.8. The minimum Gasteiger partial charge on any atom is -0.497 e. The van der Waals surface area contributed by atoms with Crippen LogP contribution in [0.5, 0.6) is 23.0 Å². The first-order valence-corrected chi connectivity index (χ1v) is 16.0. The highest BCUT2D eigenvalue weighted by molar-refractivity contribution is 9.10. The van der Waals surface area contributed by atoms with Crippen LogP contribution in [-0.4, -0.2) is 72.7 Å². The summed E-state index contributed by atoms with van der Waals surface area (Å²) in [6.45, 7) is 3.38. The van der Waals surface area contributed by atoms with Gasteiger partial charge in [-0.2, -0.15) is 0 Å². The number of nitrogens with one attached hydrogen (secondary N) is 1. The topological polar surface area (TPSA) is 124 Å². The maximum Gasteiger partial charge on any atom is 0.265 e. The molecule has 0 radical (unpaired) electrons. The van der Waals surface area contributed by atoms with Crippen LogP contribution in [0.15, 0.2) is 70.0 Å². The molecule has 238 valence electrons. The van der Waals surface area contributed by atoms with Crippen LogP contribution >= 0.6 is 15.9 Å². The second kappa shape index (κ2) is 15.7. The first kappa shape index (κ1) is 34.5. The van der Waals surface area contributed by atoms with Gasteiger partial charge in [0, 0.05) is 29.7 Å². The largest absolute Gasteiger partial charge is 0.497 e. The fraction of sp³-hybridized carbons (Fsp3) is 0.355. The van der Waals surface area contributed by atoms with Crippen molar-refractivity contribution in [3.05, 3.63) is 70.7 Å². The molecule has 0 aliphatic heterocycles. The zero-order valence-corrected chi connectivity index (χ0v) is 28.0. The van der Waals surface area contributed by atoms with Gasteiger partial charge < -0.3 is 29.2 Å². The van der Waals surface area contributed by atoms with Crippen LogP contribution in [0.25, 0.3) is 0 Å². The van der Waals surface area contributed by atoms with Crippen LogP contribution in [0.4, 0.5) is 5.69 Å². The summed E-state index contributed by atoms with van der Waals surface area (Å²) in [6.07, 6.45) is 0.714. The van der Waals surface area contributed by atoms with Gasteiger partial charge in [0.1, 0.15) is 24.1 Å². The maximum absolute atomic E-state index is 14.3. The van der Waals surface area contributed by atoms with Crippen LogP contribution in [0.2, 0.25) is 0 Å². The van der Waals surface area contributed by atoms with Crippen molar-refractivity contribution in [2.75, 3.05) is 45.8 Å². The smallest absolute Gasteiger partial charge is 0.265 e. The zero-order valence-electron chi connectivity index (χ0n) is 25.6. The summed E-state index contributed by atoms with van der Waals surface area (Å²) in [5.41, 5.74) is 0.826. The Morgan fingerprint density at radius 2 is 1.50 bits per heavy atom. The van der Waals surface area contributed by atoms with E-state index in [-0.39, 0.29) is 34.5 Å². The second-order valence-electron chi connectivity index (χ2n) is 9.68. The Morgan fingerprint density at radius 1 is 0.864 bits per heavy atom. The van der Waals surface area contributed by atoms with Gasteiger partial charge in [-0.15, -0.1) is 0 Å². The van der Waals surface area contributed by atoms with Gasteiger partial charge in [0.15, 0.2) is 11.5 Å². The van der Waals surface area contributed by atoms with Crippen LogP contribution in [0.3, 0.4) is 0 Å². The van der Waals surface area contributed by atoms with Crippen LogP contribution in [0, 0.1) is 0 Å². The molecule has 0 spiro atoms. The van der Waals surface area contributed by atoms with E-state index in [0.717, 1.165) is 14.3 Å². The average Bonchev–Trinajstić information content (AvgIpc) is 3.04. The molecule has 3 aromatic rings. The molecular formula is C31H38BrN3O8S. The van der Waals surface area contributed by atoms with E-state index in [4.69, 9.17) is 18.9 Å². The molecule has 1 N–H and O–H groups in total. The molecule has 0 heterocycles.